The second kappa shape index (κ2) is 15.3. The minimum absolute atomic E-state index is 0.503. The zero-order valence-corrected chi connectivity index (χ0v) is 23.5. The number of methoxy groups -OCH3 is 1. The fourth-order valence-corrected chi connectivity index (χ4v) is 6.84. The smallest absolute Gasteiger partial charge is 0.186 e. The lowest BCUT2D eigenvalue weighted by Gasteiger charge is -2.57. The summed E-state index contributed by atoms with van der Waals surface area (Å²) < 4.78 is 13.3. The molecule has 4 heterocycles. The van der Waals surface area contributed by atoms with Gasteiger partial charge in [-0.05, 0) is 12.8 Å². The number of piperazine rings is 3. The van der Waals surface area contributed by atoms with Crippen LogP contribution in [0.5, 0.6) is 0 Å². The molecule has 7 heteroatoms. The van der Waals surface area contributed by atoms with Crippen LogP contribution in [0.1, 0.15) is 96.8 Å². The van der Waals surface area contributed by atoms with Gasteiger partial charge in [0.2, 0.25) is 0 Å². The first-order chi connectivity index (χ1) is 17.4. The summed E-state index contributed by atoms with van der Waals surface area (Å²) in [7, 11) is 1.47. The van der Waals surface area contributed by atoms with E-state index in [1.807, 2.05) is 0 Å². The molecule has 0 saturated carbocycles. The van der Waals surface area contributed by atoms with Crippen molar-refractivity contribution in [1.82, 2.24) is 0 Å². The van der Waals surface area contributed by atoms with Crippen LogP contribution in [-0.4, -0.2) is 114 Å². The normalized spacial score (nSPS) is 36.4. The number of aliphatic hydroxyl groups is 3. The average molecular weight is 515 g/mol. The Morgan fingerprint density at radius 3 is 1.53 bits per heavy atom. The predicted molar refractivity (Wildman–Crippen MR) is 143 cm³/mol. The van der Waals surface area contributed by atoms with Crippen LogP contribution in [-0.2, 0) is 9.47 Å². The first-order valence-corrected chi connectivity index (χ1v) is 15.4. The maximum Gasteiger partial charge on any atom is 0.186 e. The molecule has 0 aromatic heterocycles. The first kappa shape index (κ1) is 30.3. The second-order valence-corrected chi connectivity index (χ2v) is 12.3. The molecule has 7 nitrogen and oxygen atoms in total. The van der Waals surface area contributed by atoms with Gasteiger partial charge in [-0.25, -0.2) is 0 Å². The van der Waals surface area contributed by atoms with E-state index in [0.717, 1.165) is 24.1 Å². The molecule has 0 aromatic rings. The SMILES string of the molecule is CCCCCCCCCCCCCCCC[N+]12CC[N+](C[C@H]3O[C@H](OC)[C@H](O)[C@@H](O)[C@@H]3O)(CC1)CC2. The van der Waals surface area contributed by atoms with Crippen LogP contribution in [0.2, 0.25) is 0 Å². The average Bonchev–Trinajstić information content (AvgIpc) is 2.90. The van der Waals surface area contributed by atoms with Crippen molar-refractivity contribution in [3.8, 4) is 0 Å². The van der Waals surface area contributed by atoms with Gasteiger partial charge in [-0.1, -0.05) is 84.0 Å². The molecule has 2 bridgehead atoms. The molecule has 4 aliphatic rings. The standard InChI is InChI=1S/C29H58N2O5/c1-3-4-5-6-7-8-9-10-11-12-13-14-15-16-17-30-18-21-31(22-19-30,23-20-30)24-25-26(32)27(33)28(34)29(35-2)36-25/h25-29,32-34H,3-24H2,1-2H3/q+2/t25-,26-,27+,28-,29+,30?,31?/m1/s1. The summed E-state index contributed by atoms with van der Waals surface area (Å²) in [5.74, 6) is 0. The summed E-state index contributed by atoms with van der Waals surface area (Å²) in [4.78, 5) is 0. The van der Waals surface area contributed by atoms with E-state index in [1.165, 1.54) is 128 Å². The zero-order valence-electron chi connectivity index (χ0n) is 23.5. The number of aliphatic hydroxyl groups excluding tert-OH is 3. The van der Waals surface area contributed by atoms with E-state index in [9.17, 15) is 15.3 Å². The Labute approximate surface area is 220 Å². The summed E-state index contributed by atoms with van der Waals surface area (Å²) in [5.41, 5.74) is 0. The van der Waals surface area contributed by atoms with Crippen LogP contribution in [0.4, 0.5) is 0 Å². The largest absolute Gasteiger partial charge is 0.387 e. The lowest BCUT2D eigenvalue weighted by Crippen LogP contribution is -2.77. The molecule has 4 fully saturated rings. The zero-order chi connectivity index (χ0) is 25.9. The quantitative estimate of drug-likeness (QED) is 0.192. The molecule has 212 valence electrons. The van der Waals surface area contributed by atoms with Crippen molar-refractivity contribution in [3.05, 3.63) is 0 Å². The Morgan fingerprint density at radius 2 is 1.06 bits per heavy atom. The second-order valence-electron chi connectivity index (χ2n) is 12.3. The number of unbranched alkanes of at least 4 members (excludes halogenated alkanes) is 13. The van der Waals surface area contributed by atoms with E-state index in [-0.39, 0.29) is 0 Å². The van der Waals surface area contributed by atoms with Gasteiger partial charge in [-0.15, -0.1) is 0 Å². The van der Waals surface area contributed by atoms with Crippen LogP contribution >= 0.6 is 0 Å². The lowest BCUT2D eigenvalue weighted by atomic mass is 9.96. The molecule has 4 saturated heterocycles. The Hall–Kier alpha value is -0.280. The van der Waals surface area contributed by atoms with Crippen LogP contribution < -0.4 is 0 Å². The van der Waals surface area contributed by atoms with E-state index < -0.39 is 30.7 Å². The summed E-state index contributed by atoms with van der Waals surface area (Å²) in [5, 5.41) is 30.8. The number of quaternary nitrogens is 2. The van der Waals surface area contributed by atoms with E-state index in [0.29, 0.717) is 6.54 Å². The molecule has 0 spiro atoms. The van der Waals surface area contributed by atoms with Crippen LogP contribution in [0.3, 0.4) is 0 Å². The summed E-state index contributed by atoms with van der Waals surface area (Å²) >= 11 is 0. The molecule has 0 aromatic carbocycles. The van der Waals surface area contributed by atoms with Crippen molar-refractivity contribution in [2.75, 3.05) is 59.5 Å². The van der Waals surface area contributed by atoms with Crippen molar-refractivity contribution in [2.24, 2.45) is 0 Å². The fourth-order valence-electron chi connectivity index (χ4n) is 6.84. The van der Waals surface area contributed by atoms with Crippen molar-refractivity contribution in [1.29, 1.82) is 0 Å². The highest BCUT2D eigenvalue weighted by Crippen LogP contribution is 2.31. The Bertz CT molecular complexity index is 580. The summed E-state index contributed by atoms with van der Waals surface area (Å²) in [6.07, 6.45) is 14.9. The molecular formula is C29H58N2O5+2. The molecule has 4 aliphatic heterocycles. The highest BCUT2D eigenvalue weighted by Gasteiger charge is 2.53. The van der Waals surface area contributed by atoms with E-state index >= 15 is 0 Å². The van der Waals surface area contributed by atoms with Gasteiger partial charge in [0.15, 0.2) is 6.29 Å². The Morgan fingerprint density at radius 1 is 0.611 bits per heavy atom. The maximum atomic E-state index is 10.5. The van der Waals surface area contributed by atoms with Gasteiger partial charge in [0, 0.05) is 7.11 Å². The van der Waals surface area contributed by atoms with Gasteiger partial charge in [0.25, 0.3) is 0 Å². The van der Waals surface area contributed by atoms with E-state index in [4.69, 9.17) is 9.47 Å². The van der Waals surface area contributed by atoms with Gasteiger partial charge < -0.3 is 33.8 Å². The van der Waals surface area contributed by atoms with Gasteiger partial charge in [0.05, 0.1) is 6.54 Å². The van der Waals surface area contributed by atoms with Crippen molar-refractivity contribution >= 4 is 0 Å². The Kier molecular flexibility index (Phi) is 12.9. The van der Waals surface area contributed by atoms with Crippen LogP contribution in [0.15, 0.2) is 0 Å². The van der Waals surface area contributed by atoms with Gasteiger partial charge in [-0.2, -0.15) is 0 Å². The van der Waals surface area contributed by atoms with Crippen molar-refractivity contribution in [3.63, 3.8) is 0 Å². The van der Waals surface area contributed by atoms with Crippen molar-refractivity contribution < 1.29 is 33.8 Å². The third kappa shape index (κ3) is 8.62. The minimum Gasteiger partial charge on any atom is -0.387 e. The number of hydrogen-bond acceptors (Lipinski definition) is 5. The van der Waals surface area contributed by atoms with E-state index in [2.05, 4.69) is 6.92 Å². The summed E-state index contributed by atoms with van der Waals surface area (Å²) in [6.45, 7) is 11.3. The third-order valence-corrected chi connectivity index (χ3v) is 9.60. The molecule has 0 unspecified atom stereocenters. The number of hydrogen-bond donors (Lipinski definition) is 3. The van der Waals surface area contributed by atoms with Crippen LogP contribution in [0, 0.1) is 0 Å². The van der Waals surface area contributed by atoms with Crippen LogP contribution in [0.25, 0.3) is 0 Å². The van der Waals surface area contributed by atoms with Gasteiger partial charge >= 0.3 is 0 Å². The lowest BCUT2D eigenvalue weighted by molar-refractivity contribution is -1.08. The fraction of sp³-hybridized carbons (Fsp3) is 1.00. The highest BCUT2D eigenvalue weighted by atomic mass is 16.7. The molecule has 0 aliphatic carbocycles. The molecule has 0 amide bonds. The highest BCUT2D eigenvalue weighted by molar-refractivity contribution is 4.89. The molecule has 36 heavy (non-hydrogen) atoms. The number of fused-ring (bicyclic) bond motifs is 3. The molecule has 0 radical (unpaired) electrons. The number of nitrogens with zero attached hydrogens (tertiary/aromatic N) is 2. The Balaban J connectivity index is 1.23. The molecule has 5 atom stereocenters. The summed E-state index contributed by atoms with van der Waals surface area (Å²) in [6, 6.07) is 0. The maximum absolute atomic E-state index is 10.5. The third-order valence-electron chi connectivity index (χ3n) is 9.60. The molecule has 3 N–H and O–H groups in total. The van der Waals surface area contributed by atoms with Gasteiger partial charge in [0.1, 0.15) is 70.2 Å². The number of rotatable bonds is 18. The van der Waals surface area contributed by atoms with Crippen molar-refractivity contribution in [2.45, 2.75) is 128 Å². The minimum atomic E-state index is -1.23. The topological polar surface area (TPSA) is 79.2 Å². The van der Waals surface area contributed by atoms with Gasteiger partial charge in [-0.3, -0.25) is 0 Å². The predicted octanol–water partition coefficient (Wildman–Crippen LogP) is 3.58. The molecular weight excluding hydrogens is 456 g/mol. The number of ether oxygens (including phenoxy) is 2. The molecule has 4 rings (SSSR count). The first-order valence-electron chi connectivity index (χ1n) is 15.4. The monoisotopic (exact) mass is 514 g/mol. The van der Waals surface area contributed by atoms with E-state index in [1.54, 1.807) is 0 Å².